The second kappa shape index (κ2) is 5.12. The maximum Gasteiger partial charge on any atom is 0.112 e. The molecule has 0 amide bonds. The van der Waals surface area contributed by atoms with Crippen molar-refractivity contribution in [1.29, 1.82) is 0 Å². The third kappa shape index (κ3) is 3.54. The molecule has 1 aliphatic rings. The average molecular weight is 223 g/mol. The predicted octanol–water partition coefficient (Wildman–Crippen LogP) is 2.31. The number of ether oxygens (including phenoxy) is 2. The quantitative estimate of drug-likeness (QED) is 0.683. The minimum Gasteiger partial charge on any atom is -0.379 e. The highest BCUT2D eigenvalue weighted by Crippen LogP contribution is 2.16. The molecule has 11 heavy (non-hydrogen) atoms. The second-order valence-electron chi connectivity index (χ2n) is 2.79. The van der Waals surface area contributed by atoms with Crippen molar-refractivity contribution in [2.45, 2.75) is 37.3 Å². The van der Waals surface area contributed by atoms with Crippen LogP contribution in [0.5, 0.6) is 0 Å². The Morgan fingerprint density at radius 2 is 2.55 bits per heavy atom. The average Bonchev–Trinajstić information content (AvgIpc) is 2.06. The molecule has 1 saturated heterocycles. The van der Waals surface area contributed by atoms with Gasteiger partial charge in [-0.15, -0.1) is 0 Å². The van der Waals surface area contributed by atoms with Crippen LogP contribution in [0.4, 0.5) is 0 Å². The number of rotatable bonds is 3. The van der Waals surface area contributed by atoms with E-state index in [-0.39, 0.29) is 5.01 Å². The number of hydrogen-bond acceptors (Lipinski definition) is 2. The maximum atomic E-state index is 5.63. The van der Waals surface area contributed by atoms with E-state index in [1.807, 2.05) is 0 Å². The standard InChI is InChI=1S/C8H15BrO2/c1-2-8(9)11-7-4-3-5-10-6-7/h7-8H,2-6H2,1H3. The molecule has 0 N–H and O–H groups in total. The van der Waals surface area contributed by atoms with Gasteiger partial charge in [-0.25, -0.2) is 0 Å². The fourth-order valence-electron chi connectivity index (χ4n) is 1.12. The smallest absolute Gasteiger partial charge is 0.112 e. The van der Waals surface area contributed by atoms with Crippen molar-refractivity contribution >= 4 is 15.9 Å². The Balaban J connectivity index is 2.13. The third-order valence-electron chi connectivity index (χ3n) is 1.78. The van der Waals surface area contributed by atoms with Crippen molar-refractivity contribution < 1.29 is 9.47 Å². The molecule has 1 heterocycles. The zero-order valence-electron chi connectivity index (χ0n) is 6.88. The molecule has 2 atom stereocenters. The van der Waals surface area contributed by atoms with Gasteiger partial charge in [0.1, 0.15) is 5.01 Å². The molecule has 1 rings (SSSR count). The molecular weight excluding hydrogens is 208 g/mol. The molecule has 0 spiro atoms. The first-order valence-electron chi connectivity index (χ1n) is 4.20. The lowest BCUT2D eigenvalue weighted by Gasteiger charge is -2.24. The van der Waals surface area contributed by atoms with Gasteiger partial charge in [-0.1, -0.05) is 22.9 Å². The fraction of sp³-hybridized carbons (Fsp3) is 1.00. The fourth-order valence-corrected chi connectivity index (χ4v) is 1.43. The molecule has 66 valence electrons. The van der Waals surface area contributed by atoms with Crippen LogP contribution in [0, 0.1) is 0 Å². The van der Waals surface area contributed by atoms with Crippen LogP contribution in [-0.4, -0.2) is 24.3 Å². The minimum atomic E-state index is 0.203. The molecule has 1 aliphatic heterocycles. The van der Waals surface area contributed by atoms with E-state index in [1.165, 1.54) is 0 Å². The van der Waals surface area contributed by atoms with Gasteiger partial charge < -0.3 is 9.47 Å². The van der Waals surface area contributed by atoms with Crippen LogP contribution >= 0.6 is 15.9 Å². The largest absolute Gasteiger partial charge is 0.379 e. The molecule has 2 nitrogen and oxygen atoms in total. The van der Waals surface area contributed by atoms with Crippen LogP contribution < -0.4 is 0 Å². The molecule has 0 aliphatic carbocycles. The van der Waals surface area contributed by atoms with Gasteiger partial charge in [0.05, 0.1) is 12.7 Å². The van der Waals surface area contributed by atoms with E-state index in [0.29, 0.717) is 6.10 Å². The first-order valence-corrected chi connectivity index (χ1v) is 5.11. The number of hydrogen-bond donors (Lipinski definition) is 0. The zero-order valence-corrected chi connectivity index (χ0v) is 8.47. The Morgan fingerprint density at radius 3 is 3.09 bits per heavy atom. The van der Waals surface area contributed by atoms with E-state index in [1.54, 1.807) is 0 Å². The van der Waals surface area contributed by atoms with Gasteiger partial charge in [-0.3, -0.25) is 0 Å². The normalized spacial score (nSPS) is 28.4. The van der Waals surface area contributed by atoms with Crippen LogP contribution in [0.1, 0.15) is 26.2 Å². The lowest BCUT2D eigenvalue weighted by Crippen LogP contribution is -2.27. The van der Waals surface area contributed by atoms with Crippen LogP contribution in [0.25, 0.3) is 0 Å². The topological polar surface area (TPSA) is 18.5 Å². The Kier molecular flexibility index (Phi) is 4.41. The summed E-state index contributed by atoms with van der Waals surface area (Å²) in [6.07, 6.45) is 3.60. The highest BCUT2D eigenvalue weighted by molar-refractivity contribution is 9.09. The van der Waals surface area contributed by atoms with Crippen molar-refractivity contribution in [3.05, 3.63) is 0 Å². The predicted molar refractivity (Wildman–Crippen MR) is 47.9 cm³/mol. The second-order valence-corrected chi connectivity index (χ2v) is 3.81. The first kappa shape index (κ1) is 9.49. The summed E-state index contributed by atoms with van der Waals surface area (Å²) in [4.78, 5) is 0. The lowest BCUT2D eigenvalue weighted by molar-refractivity contribution is -0.0576. The SMILES string of the molecule is CCC(Br)OC1CCCOC1. The van der Waals surface area contributed by atoms with E-state index in [2.05, 4.69) is 22.9 Å². The van der Waals surface area contributed by atoms with Crippen LogP contribution in [0.15, 0.2) is 0 Å². The zero-order chi connectivity index (χ0) is 8.10. The summed E-state index contributed by atoms with van der Waals surface area (Å²) in [6.45, 7) is 3.77. The van der Waals surface area contributed by atoms with Crippen molar-refractivity contribution in [3.63, 3.8) is 0 Å². The summed E-state index contributed by atoms with van der Waals surface area (Å²) in [5.74, 6) is 0. The molecule has 0 bridgehead atoms. The summed E-state index contributed by atoms with van der Waals surface area (Å²) in [5.41, 5.74) is 0. The number of alkyl halides is 1. The van der Waals surface area contributed by atoms with E-state index in [9.17, 15) is 0 Å². The van der Waals surface area contributed by atoms with Crippen molar-refractivity contribution in [2.24, 2.45) is 0 Å². The molecule has 0 saturated carbocycles. The molecule has 0 radical (unpaired) electrons. The first-order chi connectivity index (χ1) is 5.33. The van der Waals surface area contributed by atoms with Gasteiger partial charge in [-0.2, -0.15) is 0 Å². The van der Waals surface area contributed by atoms with Crippen molar-refractivity contribution in [3.8, 4) is 0 Å². The van der Waals surface area contributed by atoms with Gasteiger partial charge >= 0.3 is 0 Å². The number of halogens is 1. The van der Waals surface area contributed by atoms with Gasteiger partial charge in [0.2, 0.25) is 0 Å². The lowest BCUT2D eigenvalue weighted by atomic mass is 10.2. The van der Waals surface area contributed by atoms with Gasteiger partial charge in [0, 0.05) is 6.61 Å². The van der Waals surface area contributed by atoms with Gasteiger partial charge in [0.25, 0.3) is 0 Å². The highest BCUT2D eigenvalue weighted by Gasteiger charge is 2.16. The van der Waals surface area contributed by atoms with Gasteiger partial charge in [0.15, 0.2) is 0 Å². The molecule has 2 unspecified atom stereocenters. The van der Waals surface area contributed by atoms with Gasteiger partial charge in [-0.05, 0) is 19.3 Å². The Labute approximate surface area is 76.4 Å². The Morgan fingerprint density at radius 1 is 1.73 bits per heavy atom. The Bertz CT molecular complexity index is 102. The molecule has 3 heteroatoms. The van der Waals surface area contributed by atoms with E-state index in [0.717, 1.165) is 32.5 Å². The van der Waals surface area contributed by atoms with Crippen LogP contribution in [0.2, 0.25) is 0 Å². The highest BCUT2D eigenvalue weighted by atomic mass is 79.9. The van der Waals surface area contributed by atoms with E-state index >= 15 is 0 Å². The Hall–Kier alpha value is 0.400. The van der Waals surface area contributed by atoms with E-state index < -0.39 is 0 Å². The van der Waals surface area contributed by atoms with Crippen LogP contribution in [0.3, 0.4) is 0 Å². The molecule has 1 fully saturated rings. The van der Waals surface area contributed by atoms with Crippen molar-refractivity contribution in [1.82, 2.24) is 0 Å². The molecular formula is C8H15BrO2. The summed E-state index contributed by atoms with van der Waals surface area (Å²) >= 11 is 3.43. The van der Waals surface area contributed by atoms with Crippen molar-refractivity contribution in [2.75, 3.05) is 13.2 Å². The molecule has 0 aromatic carbocycles. The molecule has 0 aromatic rings. The minimum absolute atomic E-state index is 0.203. The summed E-state index contributed by atoms with van der Waals surface area (Å²) in [7, 11) is 0. The third-order valence-corrected chi connectivity index (χ3v) is 2.64. The monoisotopic (exact) mass is 222 g/mol. The molecule has 0 aromatic heterocycles. The summed E-state index contributed by atoms with van der Waals surface area (Å²) < 4.78 is 10.9. The van der Waals surface area contributed by atoms with Crippen LogP contribution in [-0.2, 0) is 9.47 Å². The summed E-state index contributed by atoms with van der Waals surface area (Å²) in [5, 5.41) is 0.203. The maximum absolute atomic E-state index is 5.63. The summed E-state index contributed by atoms with van der Waals surface area (Å²) in [6, 6.07) is 0. The van der Waals surface area contributed by atoms with E-state index in [4.69, 9.17) is 9.47 Å².